The fourth-order valence-corrected chi connectivity index (χ4v) is 2.61. The van der Waals surface area contributed by atoms with Gasteiger partial charge in [0, 0.05) is 0 Å². The van der Waals surface area contributed by atoms with Crippen LogP contribution in [0.15, 0.2) is 42.5 Å². The second-order valence-electron chi connectivity index (χ2n) is 4.19. The average molecular weight is 268 g/mol. The molecule has 0 heterocycles. The maximum absolute atomic E-state index is 11.8. The zero-order valence-electron chi connectivity index (χ0n) is 10.8. The topological polar surface area (TPSA) is 46.5 Å². The van der Waals surface area contributed by atoms with Gasteiger partial charge in [-0.2, -0.15) is 0 Å². The van der Waals surface area contributed by atoms with Crippen molar-refractivity contribution in [2.75, 3.05) is 6.61 Å². The van der Waals surface area contributed by atoms with Crippen LogP contribution in [-0.4, -0.2) is 11.5 Å². The zero-order chi connectivity index (χ0) is 13.3. The molecule has 0 saturated heterocycles. The third kappa shape index (κ3) is 6.75. The Morgan fingerprint density at radius 1 is 1.28 bits per heavy atom. The summed E-state index contributed by atoms with van der Waals surface area (Å²) in [6.45, 7) is 2.33. The van der Waals surface area contributed by atoms with Gasteiger partial charge in [-0.15, -0.1) is 0 Å². The van der Waals surface area contributed by atoms with Crippen LogP contribution < -0.4 is 0 Å². The van der Waals surface area contributed by atoms with Crippen LogP contribution in [0, 0.1) is 0 Å². The van der Waals surface area contributed by atoms with Crippen LogP contribution in [0.4, 0.5) is 0 Å². The Labute approximate surface area is 109 Å². The summed E-state index contributed by atoms with van der Waals surface area (Å²) in [5, 5.41) is 0. The van der Waals surface area contributed by atoms with Gasteiger partial charge in [-0.3, -0.25) is 4.57 Å². The molecule has 0 aliphatic heterocycles. The molecule has 1 atom stereocenters. The Balaban J connectivity index is 2.32. The van der Waals surface area contributed by atoms with Crippen molar-refractivity contribution >= 4 is 7.60 Å². The summed E-state index contributed by atoms with van der Waals surface area (Å²) in [5.41, 5.74) is 0.818. The molecule has 1 aromatic rings. The SMILES string of the molecule is CCCCC=CCOP(=O)(O)Cc1ccccc1. The first-order chi connectivity index (χ1) is 8.64. The van der Waals surface area contributed by atoms with Crippen molar-refractivity contribution in [1.29, 1.82) is 0 Å². The maximum atomic E-state index is 11.8. The number of hydrogen-bond acceptors (Lipinski definition) is 2. The first kappa shape index (κ1) is 15.2. The zero-order valence-corrected chi connectivity index (χ0v) is 11.7. The lowest BCUT2D eigenvalue weighted by molar-refractivity contribution is 0.286. The molecule has 0 aliphatic rings. The van der Waals surface area contributed by atoms with Crippen molar-refractivity contribution in [2.24, 2.45) is 0 Å². The van der Waals surface area contributed by atoms with Crippen LogP contribution in [0.3, 0.4) is 0 Å². The van der Waals surface area contributed by atoms with Gasteiger partial charge in [0.15, 0.2) is 0 Å². The lowest BCUT2D eigenvalue weighted by Crippen LogP contribution is -1.94. The maximum Gasteiger partial charge on any atom is 0.332 e. The normalized spacial score (nSPS) is 14.8. The van der Waals surface area contributed by atoms with Gasteiger partial charge in [0.05, 0.1) is 12.8 Å². The number of hydrogen-bond donors (Lipinski definition) is 1. The Morgan fingerprint density at radius 2 is 2.00 bits per heavy atom. The van der Waals surface area contributed by atoms with Crippen molar-refractivity contribution < 1.29 is 14.0 Å². The van der Waals surface area contributed by atoms with E-state index < -0.39 is 7.60 Å². The second-order valence-corrected chi connectivity index (χ2v) is 6.04. The van der Waals surface area contributed by atoms with Crippen LogP contribution in [0.2, 0.25) is 0 Å². The molecule has 1 unspecified atom stereocenters. The van der Waals surface area contributed by atoms with Crippen LogP contribution in [0.1, 0.15) is 31.7 Å². The first-order valence-electron chi connectivity index (χ1n) is 6.29. The van der Waals surface area contributed by atoms with E-state index in [0.717, 1.165) is 24.8 Å². The standard InChI is InChI=1S/C14H21O3P/c1-2-3-4-5-9-12-17-18(15,16)13-14-10-7-6-8-11-14/h5-11H,2-4,12-13H2,1H3,(H,15,16). The summed E-state index contributed by atoms with van der Waals surface area (Å²) in [4.78, 5) is 9.67. The molecule has 1 aromatic carbocycles. The molecule has 0 aromatic heterocycles. The Kier molecular flexibility index (Phi) is 6.96. The summed E-state index contributed by atoms with van der Waals surface area (Å²) in [5.74, 6) is 0. The van der Waals surface area contributed by atoms with E-state index in [-0.39, 0.29) is 12.8 Å². The third-order valence-electron chi connectivity index (χ3n) is 2.49. The lowest BCUT2D eigenvalue weighted by atomic mass is 10.2. The van der Waals surface area contributed by atoms with Gasteiger partial charge >= 0.3 is 7.60 Å². The van der Waals surface area contributed by atoms with Crippen LogP contribution in [-0.2, 0) is 15.3 Å². The Bertz CT molecular complexity index is 401. The molecular weight excluding hydrogens is 247 g/mol. The average Bonchev–Trinajstić information content (AvgIpc) is 2.34. The predicted molar refractivity (Wildman–Crippen MR) is 74.6 cm³/mol. The largest absolute Gasteiger partial charge is 0.332 e. The van der Waals surface area contributed by atoms with Crippen molar-refractivity contribution in [2.45, 2.75) is 32.3 Å². The van der Waals surface area contributed by atoms with Gasteiger partial charge < -0.3 is 9.42 Å². The van der Waals surface area contributed by atoms with Crippen LogP contribution in [0.25, 0.3) is 0 Å². The molecule has 1 N–H and O–H groups in total. The second kappa shape index (κ2) is 8.25. The van der Waals surface area contributed by atoms with E-state index in [1.807, 2.05) is 42.5 Å². The van der Waals surface area contributed by atoms with Crippen molar-refractivity contribution in [3.63, 3.8) is 0 Å². The highest BCUT2D eigenvalue weighted by Gasteiger charge is 2.18. The van der Waals surface area contributed by atoms with Gasteiger partial charge in [0.25, 0.3) is 0 Å². The van der Waals surface area contributed by atoms with Crippen LogP contribution in [0.5, 0.6) is 0 Å². The molecule has 0 amide bonds. The molecule has 3 nitrogen and oxygen atoms in total. The minimum atomic E-state index is -3.52. The van der Waals surface area contributed by atoms with Gasteiger partial charge in [-0.25, -0.2) is 0 Å². The molecule has 0 fully saturated rings. The Morgan fingerprint density at radius 3 is 2.67 bits per heavy atom. The Hall–Kier alpha value is -0.890. The summed E-state index contributed by atoms with van der Waals surface area (Å²) in [6, 6.07) is 9.22. The minimum absolute atomic E-state index is 0.0661. The molecular formula is C14H21O3P. The highest BCUT2D eigenvalue weighted by molar-refractivity contribution is 7.51. The van der Waals surface area contributed by atoms with E-state index in [2.05, 4.69) is 6.92 Å². The predicted octanol–water partition coefficient (Wildman–Crippen LogP) is 4.14. The van der Waals surface area contributed by atoms with E-state index >= 15 is 0 Å². The molecule has 0 radical (unpaired) electrons. The van der Waals surface area contributed by atoms with E-state index in [0.29, 0.717) is 0 Å². The summed E-state index contributed by atoms with van der Waals surface area (Å²) in [7, 11) is -3.52. The highest BCUT2D eigenvalue weighted by Crippen LogP contribution is 2.45. The van der Waals surface area contributed by atoms with Gasteiger partial charge in [0.2, 0.25) is 0 Å². The van der Waals surface area contributed by atoms with E-state index in [1.54, 1.807) is 0 Å². The smallest absolute Gasteiger partial charge is 0.324 e. The summed E-state index contributed by atoms with van der Waals surface area (Å²) >= 11 is 0. The van der Waals surface area contributed by atoms with E-state index in [9.17, 15) is 9.46 Å². The molecule has 0 bridgehead atoms. The molecule has 0 saturated carbocycles. The quantitative estimate of drug-likeness (QED) is 0.438. The van der Waals surface area contributed by atoms with Crippen molar-refractivity contribution in [3.05, 3.63) is 48.0 Å². The fourth-order valence-electron chi connectivity index (χ4n) is 1.53. The fraction of sp³-hybridized carbons (Fsp3) is 0.429. The van der Waals surface area contributed by atoms with Crippen LogP contribution >= 0.6 is 7.60 Å². The lowest BCUT2D eigenvalue weighted by Gasteiger charge is -2.10. The van der Waals surface area contributed by atoms with Gasteiger partial charge in [0.1, 0.15) is 0 Å². The highest BCUT2D eigenvalue weighted by atomic mass is 31.2. The number of allylic oxidation sites excluding steroid dienone is 1. The van der Waals surface area contributed by atoms with Gasteiger partial charge in [-0.05, 0) is 12.0 Å². The number of benzene rings is 1. The molecule has 18 heavy (non-hydrogen) atoms. The molecule has 0 aliphatic carbocycles. The van der Waals surface area contributed by atoms with Gasteiger partial charge in [-0.1, -0.05) is 62.2 Å². The molecule has 4 heteroatoms. The first-order valence-corrected chi connectivity index (χ1v) is 8.05. The molecule has 100 valence electrons. The molecule has 0 spiro atoms. The summed E-state index contributed by atoms with van der Waals surface area (Å²) < 4.78 is 16.8. The van der Waals surface area contributed by atoms with Crippen molar-refractivity contribution in [1.82, 2.24) is 0 Å². The van der Waals surface area contributed by atoms with E-state index in [1.165, 1.54) is 0 Å². The third-order valence-corrected chi connectivity index (χ3v) is 3.81. The molecule has 1 rings (SSSR count). The van der Waals surface area contributed by atoms with Crippen molar-refractivity contribution in [3.8, 4) is 0 Å². The number of unbranched alkanes of at least 4 members (excludes halogenated alkanes) is 2. The summed E-state index contributed by atoms with van der Waals surface area (Å²) in [6.07, 6.45) is 7.15. The minimum Gasteiger partial charge on any atom is -0.324 e. The monoisotopic (exact) mass is 268 g/mol. The van der Waals surface area contributed by atoms with E-state index in [4.69, 9.17) is 4.52 Å². The number of rotatable bonds is 8.